The summed E-state index contributed by atoms with van der Waals surface area (Å²) in [4.78, 5) is 71.6. The number of hydrogen-bond acceptors (Lipinski definition) is 7. The van der Waals surface area contributed by atoms with Crippen LogP contribution in [0.15, 0.2) is 24.3 Å². The average Bonchev–Trinajstić information content (AvgIpc) is 2.82. The molecule has 0 aliphatic carbocycles. The molecular formula is C24H37N7O7. The lowest BCUT2D eigenvalue weighted by atomic mass is 10.0. The molecule has 38 heavy (non-hydrogen) atoms. The average molecular weight is 536 g/mol. The quantitative estimate of drug-likeness (QED) is 0.159. The third kappa shape index (κ3) is 12.1. The Labute approximate surface area is 221 Å². The maximum absolute atomic E-state index is 13.1. The summed E-state index contributed by atoms with van der Waals surface area (Å²) in [6, 6.07) is 2.86. The van der Waals surface area contributed by atoms with Crippen LogP contribution in [0.5, 0.6) is 0 Å². The number of benzene rings is 1. The van der Waals surface area contributed by atoms with E-state index in [1.807, 2.05) is 0 Å². The fraction of sp³-hybridized carbons (Fsp3) is 0.500. The summed E-state index contributed by atoms with van der Waals surface area (Å²) in [5.41, 5.74) is 11.1. The number of amides is 7. The van der Waals surface area contributed by atoms with Crippen LogP contribution < -0.4 is 38.1 Å². The van der Waals surface area contributed by atoms with Crippen molar-refractivity contribution in [3.63, 3.8) is 0 Å². The van der Waals surface area contributed by atoms with Gasteiger partial charge in [-0.1, -0.05) is 26.0 Å². The molecule has 0 heterocycles. The third-order valence-corrected chi connectivity index (χ3v) is 5.26. The molecule has 0 bridgehead atoms. The SMILES string of the molecule is CC(=O)N[C@H](C)C(=O)N[C@H](C(=O)N[C@@H](CCCNC(N)=O)C(=O)Nc1ccc(COC(N)=O)cc1)C(C)C. The van der Waals surface area contributed by atoms with Crippen LogP contribution in [0.25, 0.3) is 0 Å². The van der Waals surface area contributed by atoms with E-state index < -0.39 is 53.9 Å². The van der Waals surface area contributed by atoms with E-state index in [1.54, 1.807) is 38.1 Å². The van der Waals surface area contributed by atoms with Gasteiger partial charge in [0.1, 0.15) is 24.7 Å². The molecule has 1 aromatic rings. The summed E-state index contributed by atoms with van der Waals surface area (Å²) in [7, 11) is 0. The molecule has 0 aliphatic heterocycles. The van der Waals surface area contributed by atoms with Crippen molar-refractivity contribution in [3.8, 4) is 0 Å². The first-order chi connectivity index (χ1) is 17.8. The van der Waals surface area contributed by atoms with E-state index in [-0.39, 0.29) is 25.5 Å². The van der Waals surface area contributed by atoms with Gasteiger partial charge in [0, 0.05) is 19.2 Å². The van der Waals surface area contributed by atoms with E-state index in [0.717, 1.165) is 0 Å². The maximum Gasteiger partial charge on any atom is 0.404 e. The standard InChI is InChI=1S/C24H37N7O7/c1-13(2)19(31-20(33)14(3)28-15(4)32)22(35)30-18(6-5-11-27-23(25)36)21(34)29-17-9-7-16(8-10-17)12-38-24(26)37/h7-10,13-14,18-19H,5-6,11-12H2,1-4H3,(H2,26,37)(H,28,32)(H,29,34)(H,30,35)(H,31,33)(H3,25,27,36)/t14-,18+,19+/m1/s1. The molecule has 0 unspecified atom stereocenters. The largest absolute Gasteiger partial charge is 0.445 e. The molecule has 0 aliphatic rings. The first-order valence-electron chi connectivity index (χ1n) is 12.0. The van der Waals surface area contributed by atoms with Crippen LogP contribution in [0, 0.1) is 5.92 Å². The highest BCUT2D eigenvalue weighted by Gasteiger charge is 2.30. The number of hydrogen-bond donors (Lipinski definition) is 7. The minimum absolute atomic E-state index is 0.0298. The lowest BCUT2D eigenvalue weighted by Crippen LogP contribution is -2.57. The van der Waals surface area contributed by atoms with Gasteiger partial charge in [-0.3, -0.25) is 19.2 Å². The smallest absolute Gasteiger partial charge is 0.404 e. The predicted octanol–water partition coefficient (Wildman–Crippen LogP) is -0.181. The summed E-state index contributed by atoms with van der Waals surface area (Å²) >= 11 is 0. The minimum atomic E-state index is -1.01. The number of ether oxygens (including phenoxy) is 1. The Morgan fingerprint density at radius 2 is 1.50 bits per heavy atom. The number of anilines is 1. The molecule has 0 radical (unpaired) electrons. The molecular weight excluding hydrogens is 498 g/mol. The zero-order valence-corrected chi connectivity index (χ0v) is 22.0. The molecule has 0 fully saturated rings. The van der Waals surface area contributed by atoms with Crippen molar-refractivity contribution in [2.45, 2.75) is 65.3 Å². The molecule has 3 atom stereocenters. The second-order valence-corrected chi connectivity index (χ2v) is 8.94. The minimum Gasteiger partial charge on any atom is -0.445 e. The molecule has 14 nitrogen and oxygen atoms in total. The van der Waals surface area contributed by atoms with Gasteiger partial charge in [0.15, 0.2) is 0 Å². The van der Waals surface area contributed by atoms with Crippen molar-refractivity contribution in [2.75, 3.05) is 11.9 Å². The van der Waals surface area contributed by atoms with E-state index in [1.165, 1.54) is 13.8 Å². The Kier molecular flexibility index (Phi) is 13.1. The summed E-state index contributed by atoms with van der Waals surface area (Å²) in [5, 5.41) is 12.9. The first kappa shape index (κ1) is 31.7. The molecule has 7 amide bonds. The number of carbonyl (C=O) groups excluding carboxylic acids is 6. The zero-order valence-electron chi connectivity index (χ0n) is 22.0. The Balaban J connectivity index is 2.95. The fourth-order valence-electron chi connectivity index (χ4n) is 3.30. The highest BCUT2D eigenvalue weighted by Crippen LogP contribution is 2.12. The van der Waals surface area contributed by atoms with Gasteiger partial charge in [-0.2, -0.15) is 0 Å². The van der Waals surface area contributed by atoms with Crippen LogP contribution in [-0.2, 0) is 30.5 Å². The number of urea groups is 1. The summed E-state index contributed by atoms with van der Waals surface area (Å²) in [6.45, 7) is 6.36. The van der Waals surface area contributed by atoms with Crippen molar-refractivity contribution in [1.29, 1.82) is 0 Å². The number of primary amides is 2. The van der Waals surface area contributed by atoms with Crippen LogP contribution in [0.4, 0.5) is 15.3 Å². The van der Waals surface area contributed by atoms with E-state index in [4.69, 9.17) is 16.2 Å². The highest BCUT2D eigenvalue weighted by atomic mass is 16.5. The van der Waals surface area contributed by atoms with Crippen molar-refractivity contribution >= 4 is 41.4 Å². The van der Waals surface area contributed by atoms with Gasteiger partial charge in [-0.05, 0) is 43.4 Å². The van der Waals surface area contributed by atoms with Crippen molar-refractivity contribution < 1.29 is 33.5 Å². The topological polar surface area (TPSA) is 224 Å². The van der Waals surface area contributed by atoms with Crippen molar-refractivity contribution in [2.24, 2.45) is 17.4 Å². The van der Waals surface area contributed by atoms with Crippen LogP contribution in [0.2, 0.25) is 0 Å². The van der Waals surface area contributed by atoms with E-state index in [9.17, 15) is 28.8 Å². The number of nitrogens with one attached hydrogen (secondary N) is 5. The van der Waals surface area contributed by atoms with Gasteiger partial charge in [0.25, 0.3) is 0 Å². The molecule has 14 heteroatoms. The maximum atomic E-state index is 13.1. The van der Waals surface area contributed by atoms with Crippen molar-refractivity contribution in [3.05, 3.63) is 29.8 Å². The summed E-state index contributed by atoms with van der Waals surface area (Å²) in [5.74, 6) is -2.41. The van der Waals surface area contributed by atoms with Crippen molar-refractivity contribution in [1.82, 2.24) is 21.3 Å². The number of rotatable bonds is 14. The fourth-order valence-corrected chi connectivity index (χ4v) is 3.30. The summed E-state index contributed by atoms with van der Waals surface area (Å²) < 4.78 is 4.72. The number of carbonyl (C=O) groups is 6. The Morgan fingerprint density at radius 3 is 2.03 bits per heavy atom. The second kappa shape index (κ2) is 15.7. The van der Waals surface area contributed by atoms with Gasteiger partial charge in [-0.15, -0.1) is 0 Å². The van der Waals surface area contributed by atoms with Gasteiger partial charge in [0.2, 0.25) is 23.6 Å². The second-order valence-electron chi connectivity index (χ2n) is 8.94. The van der Waals surface area contributed by atoms with Gasteiger partial charge in [-0.25, -0.2) is 9.59 Å². The molecule has 0 saturated heterocycles. The molecule has 9 N–H and O–H groups in total. The summed E-state index contributed by atoms with van der Waals surface area (Å²) in [6.07, 6.45) is -0.431. The van der Waals surface area contributed by atoms with E-state index >= 15 is 0 Å². The normalized spacial score (nSPS) is 12.9. The zero-order chi connectivity index (χ0) is 28.8. The molecule has 1 rings (SSSR count). The Bertz CT molecular complexity index is 998. The van der Waals surface area contributed by atoms with Crippen LogP contribution in [-0.4, -0.2) is 60.4 Å². The van der Waals surface area contributed by atoms with Gasteiger partial charge >= 0.3 is 12.1 Å². The Morgan fingerprint density at radius 1 is 0.868 bits per heavy atom. The monoisotopic (exact) mass is 535 g/mol. The van der Waals surface area contributed by atoms with E-state index in [2.05, 4.69) is 26.6 Å². The van der Waals surface area contributed by atoms with Gasteiger partial charge in [0.05, 0.1) is 0 Å². The Hall–Kier alpha value is -4.36. The lowest BCUT2D eigenvalue weighted by molar-refractivity contribution is -0.133. The predicted molar refractivity (Wildman–Crippen MR) is 138 cm³/mol. The van der Waals surface area contributed by atoms with Crippen LogP contribution >= 0.6 is 0 Å². The molecule has 0 spiro atoms. The molecule has 0 aromatic heterocycles. The van der Waals surface area contributed by atoms with Crippen LogP contribution in [0.1, 0.15) is 46.1 Å². The lowest BCUT2D eigenvalue weighted by Gasteiger charge is -2.26. The van der Waals surface area contributed by atoms with E-state index in [0.29, 0.717) is 17.7 Å². The third-order valence-electron chi connectivity index (χ3n) is 5.26. The molecule has 210 valence electrons. The first-order valence-corrected chi connectivity index (χ1v) is 12.0. The molecule has 0 saturated carbocycles. The van der Waals surface area contributed by atoms with Crippen LogP contribution in [0.3, 0.4) is 0 Å². The number of nitrogens with two attached hydrogens (primary N) is 2. The molecule has 1 aromatic carbocycles. The highest BCUT2D eigenvalue weighted by molar-refractivity contribution is 5.98. The van der Waals surface area contributed by atoms with Gasteiger partial charge < -0.3 is 42.8 Å².